The number of amides is 5. The maximum atomic E-state index is 13.0. The molecule has 174 valence electrons. The highest BCUT2D eigenvalue weighted by Gasteiger charge is 2.54. The predicted molar refractivity (Wildman–Crippen MR) is 119 cm³/mol. The number of para-hydroxylation sites is 1. The van der Waals surface area contributed by atoms with E-state index >= 15 is 0 Å². The average molecular weight is 445 g/mol. The number of anilines is 1. The molecule has 1 saturated heterocycles. The van der Waals surface area contributed by atoms with Gasteiger partial charge in [-0.15, -0.1) is 0 Å². The first-order chi connectivity index (χ1) is 14.9. The highest BCUT2D eigenvalue weighted by atomic mass is 16.6. The first-order valence-corrected chi connectivity index (χ1v) is 10.9. The summed E-state index contributed by atoms with van der Waals surface area (Å²) in [6.45, 7) is 7.13. The van der Waals surface area contributed by atoms with Crippen molar-refractivity contribution in [3.8, 4) is 0 Å². The number of nitrogens with one attached hydrogen (secondary N) is 2. The van der Waals surface area contributed by atoms with Crippen LogP contribution in [0.3, 0.4) is 0 Å². The van der Waals surface area contributed by atoms with Crippen molar-refractivity contribution in [1.29, 1.82) is 0 Å². The third-order valence-corrected chi connectivity index (χ3v) is 5.80. The van der Waals surface area contributed by atoms with Crippen molar-refractivity contribution in [2.75, 3.05) is 12.4 Å². The van der Waals surface area contributed by atoms with Gasteiger partial charge in [0.1, 0.15) is 17.2 Å². The Balaban J connectivity index is 1.70. The predicted octanol–water partition coefficient (Wildman–Crippen LogP) is 3.25. The second kappa shape index (κ2) is 8.80. The molecule has 9 nitrogen and oxygen atoms in total. The molecule has 0 radical (unpaired) electrons. The van der Waals surface area contributed by atoms with E-state index in [2.05, 4.69) is 10.6 Å². The van der Waals surface area contributed by atoms with E-state index in [-0.39, 0.29) is 12.5 Å². The first-order valence-electron chi connectivity index (χ1n) is 10.9. The number of carbonyl (C=O) groups excluding carboxylic acids is 4. The van der Waals surface area contributed by atoms with Crippen molar-refractivity contribution < 1.29 is 23.9 Å². The Morgan fingerprint density at radius 3 is 2.47 bits per heavy atom. The lowest BCUT2D eigenvalue weighted by Crippen LogP contribution is -2.48. The molecule has 1 aromatic rings. The largest absolute Gasteiger partial charge is 0.444 e. The summed E-state index contributed by atoms with van der Waals surface area (Å²) >= 11 is 0. The summed E-state index contributed by atoms with van der Waals surface area (Å²) in [6.07, 6.45) is 2.47. The smallest absolute Gasteiger partial charge is 0.410 e. The Bertz CT molecular complexity index is 917. The van der Waals surface area contributed by atoms with Crippen LogP contribution in [-0.2, 0) is 20.9 Å². The van der Waals surface area contributed by atoms with E-state index in [9.17, 15) is 19.2 Å². The minimum atomic E-state index is -0.973. The molecule has 0 aromatic heterocycles. The Morgan fingerprint density at radius 1 is 1.22 bits per heavy atom. The lowest BCUT2D eigenvalue weighted by molar-refractivity contribution is -0.136. The highest BCUT2D eigenvalue weighted by molar-refractivity contribution is 6.11. The minimum Gasteiger partial charge on any atom is -0.444 e. The van der Waals surface area contributed by atoms with Crippen LogP contribution in [0, 0.1) is 0 Å². The molecule has 1 heterocycles. The van der Waals surface area contributed by atoms with Gasteiger partial charge in [0.05, 0.1) is 6.54 Å². The van der Waals surface area contributed by atoms with Gasteiger partial charge in [-0.1, -0.05) is 31.0 Å². The van der Waals surface area contributed by atoms with E-state index in [0.717, 1.165) is 17.7 Å². The van der Waals surface area contributed by atoms with Crippen LogP contribution in [0.2, 0.25) is 0 Å². The van der Waals surface area contributed by atoms with Crippen LogP contribution in [0.25, 0.3) is 0 Å². The summed E-state index contributed by atoms with van der Waals surface area (Å²) < 4.78 is 5.38. The van der Waals surface area contributed by atoms with E-state index in [1.54, 1.807) is 52.1 Å². The molecule has 1 saturated carbocycles. The second-order valence-corrected chi connectivity index (χ2v) is 9.55. The van der Waals surface area contributed by atoms with Gasteiger partial charge in [0.2, 0.25) is 5.91 Å². The van der Waals surface area contributed by atoms with Crippen molar-refractivity contribution in [3.63, 3.8) is 0 Å². The summed E-state index contributed by atoms with van der Waals surface area (Å²) in [5, 5.41) is 5.60. The molecule has 32 heavy (non-hydrogen) atoms. The van der Waals surface area contributed by atoms with E-state index in [1.165, 1.54) is 11.8 Å². The molecular formula is C23H32N4O5. The van der Waals surface area contributed by atoms with Crippen LogP contribution in [0.1, 0.15) is 58.9 Å². The van der Waals surface area contributed by atoms with Crippen LogP contribution in [0.4, 0.5) is 15.3 Å². The van der Waals surface area contributed by atoms with E-state index in [0.29, 0.717) is 24.1 Å². The fourth-order valence-corrected chi connectivity index (χ4v) is 4.10. The maximum Gasteiger partial charge on any atom is 0.410 e. The zero-order chi connectivity index (χ0) is 23.7. The number of imide groups is 1. The molecule has 5 amide bonds. The Hall–Kier alpha value is -3.10. The summed E-state index contributed by atoms with van der Waals surface area (Å²) in [5.74, 6) is -0.809. The van der Waals surface area contributed by atoms with Crippen LogP contribution >= 0.6 is 0 Å². The van der Waals surface area contributed by atoms with Gasteiger partial charge in [-0.05, 0) is 52.2 Å². The van der Waals surface area contributed by atoms with Crippen LogP contribution < -0.4 is 10.6 Å². The number of nitrogens with zero attached hydrogens (tertiary/aromatic N) is 2. The number of hydrogen-bond donors (Lipinski definition) is 2. The molecule has 1 aliphatic heterocycles. The van der Waals surface area contributed by atoms with Crippen molar-refractivity contribution in [1.82, 2.24) is 15.1 Å². The number of rotatable bonds is 5. The van der Waals surface area contributed by atoms with Crippen molar-refractivity contribution in [2.24, 2.45) is 0 Å². The Morgan fingerprint density at radius 2 is 1.84 bits per heavy atom. The monoisotopic (exact) mass is 444 g/mol. The van der Waals surface area contributed by atoms with Gasteiger partial charge in [0.25, 0.3) is 5.91 Å². The third-order valence-electron chi connectivity index (χ3n) is 5.80. The van der Waals surface area contributed by atoms with Gasteiger partial charge in [-0.3, -0.25) is 9.59 Å². The average Bonchev–Trinajstić information content (AvgIpc) is 3.26. The number of hydrogen-bond acceptors (Lipinski definition) is 5. The molecule has 9 heteroatoms. The molecule has 1 atom stereocenters. The van der Waals surface area contributed by atoms with Crippen LogP contribution in [0.15, 0.2) is 24.3 Å². The minimum absolute atomic E-state index is 0.214. The number of carbonyl (C=O) groups is 4. The topological polar surface area (TPSA) is 108 Å². The van der Waals surface area contributed by atoms with E-state index < -0.39 is 35.2 Å². The SMILES string of the molecule is CC(C(=O)Nc1ccccc1CN(C)C(=O)OC(C)(C)C)N1C(=O)NC2(CCCC2)C1=O. The number of benzene rings is 1. The van der Waals surface area contributed by atoms with Crippen LogP contribution in [0.5, 0.6) is 0 Å². The number of ether oxygens (including phenoxy) is 1. The third kappa shape index (κ3) is 4.87. The Kier molecular flexibility index (Phi) is 6.48. The molecular weight excluding hydrogens is 412 g/mol. The second-order valence-electron chi connectivity index (χ2n) is 9.55. The van der Waals surface area contributed by atoms with Gasteiger partial charge in [0, 0.05) is 12.7 Å². The lowest BCUT2D eigenvalue weighted by atomic mass is 9.97. The van der Waals surface area contributed by atoms with Gasteiger partial charge in [-0.25, -0.2) is 14.5 Å². The zero-order valence-electron chi connectivity index (χ0n) is 19.4. The fraction of sp³-hybridized carbons (Fsp3) is 0.565. The molecule has 2 N–H and O–H groups in total. The summed E-state index contributed by atoms with van der Waals surface area (Å²) in [4.78, 5) is 53.2. The summed E-state index contributed by atoms with van der Waals surface area (Å²) in [6, 6.07) is 5.57. The molecule has 2 aliphatic rings. The van der Waals surface area contributed by atoms with E-state index in [4.69, 9.17) is 4.74 Å². The molecule has 1 unspecified atom stereocenters. The quantitative estimate of drug-likeness (QED) is 0.678. The molecule has 2 fully saturated rings. The van der Waals surface area contributed by atoms with Gasteiger partial charge >= 0.3 is 12.1 Å². The fourth-order valence-electron chi connectivity index (χ4n) is 4.10. The Labute approximate surface area is 188 Å². The molecule has 1 aliphatic carbocycles. The normalized spacial score (nSPS) is 18.5. The first kappa shape index (κ1) is 23.6. The number of urea groups is 1. The summed E-state index contributed by atoms with van der Waals surface area (Å²) in [7, 11) is 1.61. The van der Waals surface area contributed by atoms with Crippen molar-refractivity contribution in [3.05, 3.63) is 29.8 Å². The van der Waals surface area contributed by atoms with E-state index in [1.807, 2.05) is 0 Å². The van der Waals surface area contributed by atoms with Crippen molar-refractivity contribution in [2.45, 2.75) is 77.1 Å². The standard InChI is InChI=1S/C23H32N4O5/c1-15(27-19(29)23(25-20(27)30)12-8-9-13-23)18(28)24-17-11-7-6-10-16(17)14-26(5)21(31)32-22(2,3)4/h6-7,10-11,15H,8-9,12-14H2,1-5H3,(H,24,28)(H,25,30). The van der Waals surface area contributed by atoms with Gasteiger partial charge < -0.3 is 20.3 Å². The molecule has 1 spiro atoms. The molecule has 1 aromatic carbocycles. The lowest BCUT2D eigenvalue weighted by Gasteiger charge is -2.26. The molecule has 3 rings (SSSR count). The maximum absolute atomic E-state index is 13.0. The molecule has 0 bridgehead atoms. The van der Waals surface area contributed by atoms with Gasteiger partial charge in [0.15, 0.2) is 0 Å². The van der Waals surface area contributed by atoms with Crippen LogP contribution in [-0.4, -0.2) is 58.0 Å². The summed E-state index contributed by atoms with van der Waals surface area (Å²) in [5.41, 5.74) is -0.276. The van der Waals surface area contributed by atoms with Crippen molar-refractivity contribution >= 4 is 29.6 Å². The highest BCUT2D eigenvalue weighted by Crippen LogP contribution is 2.36. The zero-order valence-corrected chi connectivity index (χ0v) is 19.4. The van der Waals surface area contributed by atoms with Gasteiger partial charge in [-0.2, -0.15) is 0 Å².